The minimum Gasteiger partial charge on any atom is -0.399 e. The molecule has 6 heteroatoms. The quantitative estimate of drug-likeness (QED) is 0.442. The zero-order valence-electron chi connectivity index (χ0n) is 10.5. The Kier molecular flexibility index (Phi) is 4.98. The monoisotopic (exact) mass is 250 g/mol. The Balaban J connectivity index is 2.70. The number of hydrogen-bond donors (Lipinski definition) is 4. The van der Waals surface area contributed by atoms with Crippen molar-refractivity contribution in [2.24, 2.45) is 0 Å². The molecule has 0 aliphatic carbocycles. The molecule has 18 heavy (non-hydrogen) atoms. The molecule has 0 fully saturated rings. The summed E-state index contributed by atoms with van der Waals surface area (Å²) in [5.41, 5.74) is 7.43. The fourth-order valence-electron chi connectivity index (χ4n) is 1.48. The Bertz CT molecular complexity index is 446. The first-order valence-electron chi connectivity index (χ1n) is 5.64. The lowest BCUT2D eigenvalue weighted by Crippen LogP contribution is -2.27. The Morgan fingerprint density at radius 1 is 1.28 bits per heavy atom. The summed E-state index contributed by atoms with van der Waals surface area (Å²) < 4.78 is 0. The van der Waals surface area contributed by atoms with E-state index in [1.807, 2.05) is 0 Å². The largest absolute Gasteiger partial charge is 0.399 e. The van der Waals surface area contributed by atoms with E-state index in [2.05, 4.69) is 16.0 Å². The Morgan fingerprint density at radius 2 is 2.00 bits per heavy atom. The Morgan fingerprint density at radius 3 is 2.61 bits per heavy atom. The van der Waals surface area contributed by atoms with Crippen LogP contribution in [0.2, 0.25) is 0 Å². The highest BCUT2D eigenvalue weighted by Gasteiger charge is 2.09. The second kappa shape index (κ2) is 6.48. The molecule has 2 amide bonds. The average molecular weight is 250 g/mol. The average Bonchev–Trinajstić information content (AvgIpc) is 2.33. The van der Waals surface area contributed by atoms with Crippen LogP contribution in [0.4, 0.5) is 11.4 Å². The summed E-state index contributed by atoms with van der Waals surface area (Å²) in [5.74, 6) is -0.270. The van der Waals surface area contributed by atoms with Gasteiger partial charge >= 0.3 is 0 Å². The van der Waals surface area contributed by atoms with Gasteiger partial charge in [-0.3, -0.25) is 9.59 Å². The molecule has 0 radical (unpaired) electrons. The number of nitrogens with one attached hydrogen (secondary N) is 3. The summed E-state index contributed by atoms with van der Waals surface area (Å²) in [5, 5.41) is 8.29. The first-order valence-corrected chi connectivity index (χ1v) is 5.64. The van der Waals surface area contributed by atoms with Gasteiger partial charge in [0.15, 0.2) is 0 Å². The van der Waals surface area contributed by atoms with E-state index in [0.717, 1.165) is 0 Å². The molecule has 5 N–H and O–H groups in total. The minimum atomic E-state index is -0.183. The van der Waals surface area contributed by atoms with Gasteiger partial charge in [0.05, 0.1) is 5.56 Å². The van der Waals surface area contributed by atoms with E-state index in [0.29, 0.717) is 30.0 Å². The number of rotatable bonds is 5. The van der Waals surface area contributed by atoms with Gasteiger partial charge < -0.3 is 21.7 Å². The molecule has 0 saturated heterocycles. The van der Waals surface area contributed by atoms with Crippen molar-refractivity contribution >= 4 is 23.2 Å². The molecule has 0 heterocycles. The summed E-state index contributed by atoms with van der Waals surface area (Å²) >= 11 is 0. The highest BCUT2D eigenvalue weighted by Crippen LogP contribution is 2.18. The van der Waals surface area contributed by atoms with Gasteiger partial charge in [0.2, 0.25) is 5.91 Å². The van der Waals surface area contributed by atoms with Gasteiger partial charge in [0.25, 0.3) is 5.91 Å². The molecule has 0 saturated carbocycles. The van der Waals surface area contributed by atoms with E-state index < -0.39 is 0 Å². The van der Waals surface area contributed by atoms with Gasteiger partial charge in [0, 0.05) is 38.4 Å². The van der Waals surface area contributed by atoms with E-state index >= 15 is 0 Å². The van der Waals surface area contributed by atoms with Crippen LogP contribution in [0.25, 0.3) is 0 Å². The fourth-order valence-corrected chi connectivity index (χ4v) is 1.48. The number of nitrogen functional groups attached to an aromatic ring is 1. The van der Waals surface area contributed by atoms with Crippen LogP contribution >= 0.6 is 0 Å². The molecule has 0 aromatic heterocycles. The van der Waals surface area contributed by atoms with Crippen LogP contribution in [0.1, 0.15) is 17.3 Å². The minimum absolute atomic E-state index is 0.0871. The molecule has 1 rings (SSSR count). The maximum absolute atomic E-state index is 11.6. The second-order valence-electron chi connectivity index (χ2n) is 3.79. The number of hydrogen-bond acceptors (Lipinski definition) is 4. The number of amides is 2. The molecular weight excluding hydrogens is 232 g/mol. The second-order valence-corrected chi connectivity index (χ2v) is 3.79. The molecule has 1 aromatic rings. The Labute approximate surface area is 106 Å². The number of carbonyl (C=O) groups excluding carboxylic acids is 2. The van der Waals surface area contributed by atoms with Gasteiger partial charge in [-0.2, -0.15) is 0 Å². The van der Waals surface area contributed by atoms with E-state index in [9.17, 15) is 9.59 Å². The lowest BCUT2D eigenvalue weighted by atomic mass is 10.1. The first-order chi connectivity index (χ1) is 8.54. The molecule has 0 spiro atoms. The zero-order chi connectivity index (χ0) is 13.5. The molecule has 1 aromatic carbocycles. The normalized spacial score (nSPS) is 9.67. The number of anilines is 2. The SMILES string of the molecule is CNC(=O)c1ccc(N)cc1NCCNC(C)=O. The van der Waals surface area contributed by atoms with E-state index in [-0.39, 0.29) is 11.8 Å². The molecule has 0 atom stereocenters. The van der Waals surface area contributed by atoms with Crippen LogP contribution in [0.5, 0.6) is 0 Å². The molecule has 0 aliphatic rings. The lowest BCUT2D eigenvalue weighted by molar-refractivity contribution is -0.118. The number of benzene rings is 1. The summed E-state index contributed by atoms with van der Waals surface area (Å²) in [4.78, 5) is 22.3. The topological polar surface area (TPSA) is 96.2 Å². The van der Waals surface area contributed by atoms with Crippen molar-refractivity contribution in [3.8, 4) is 0 Å². The van der Waals surface area contributed by atoms with E-state index in [4.69, 9.17) is 5.73 Å². The van der Waals surface area contributed by atoms with Crippen LogP contribution < -0.4 is 21.7 Å². The molecular formula is C12H18N4O2. The maximum atomic E-state index is 11.6. The number of nitrogens with two attached hydrogens (primary N) is 1. The van der Waals surface area contributed by atoms with Crippen LogP contribution in [0.15, 0.2) is 18.2 Å². The first kappa shape index (κ1) is 13.8. The highest BCUT2D eigenvalue weighted by molar-refractivity contribution is 6.00. The zero-order valence-corrected chi connectivity index (χ0v) is 10.5. The summed E-state index contributed by atoms with van der Waals surface area (Å²) in [6.45, 7) is 2.46. The smallest absolute Gasteiger partial charge is 0.253 e. The third-order valence-corrected chi connectivity index (χ3v) is 2.33. The van der Waals surface area contributed by atoms with Crippen molar-refractivity contribution in [3.63, 3.8) is 0 Å². The predicted octanol–water partition coefficient (Wildman–Crippen LogP) is 0.176. The number of carbonyl (C=O) groups is 2. The van der Waals surface area contributed by atoms with Crippen molar-refractivity contribution in [1.82, 2.24) is 10.6 Å². The standard InChI is InChI=1S/C12H18N4O2/c1-8(17)15-5-6-16-11-7-9(13)3-4-10(11)12(18)14-2/h3-4,7,16H,5-6,13H2,1-2H3,(H,14,18)(H,15,17). The third kappa shape index (κ3) is 3.97. The third-order valence-electron chi connectivity index (χ3n) is 2.33. The van der Waals surface area contributed by atoms with E-state index in [1.165, 1.54) is 6.92 Å². The van der Waals surface area contributed by atoms with Crippen molar-refractivity contribution < 1.29 is 9.59 Å². The predicted molar refractivity (Wildman–Crippen MR) is 71.4 cm³/mol. The summed E-state index contributed by atoms with van der Waals surface area (Å²) in [7, 11) is 1.57. The summed E-state index contributed by atoms with van der Waals surface area (Å²) in [6.07, 6.45) is 0. The van der Waals surface area contributed by atoms with Crippen molar-refractivity contribution in [3.05, 3.63) is 23.8 Å². The molecule has 0 aliphatic heterocycles. The van der Waals surface area contributed by atoms with Crippen LogP contribution in [0, 0.1) is 0 Å². The van der Waals surface area contributed by atoms with Crippen molar-refractivity contribution in [2.45, 2.75) is 6.92 Å². The van der Waals surface area contributed by atoms with Crippen LogP contribution in [-0.4, -0.2) is 32.0 Å². The van der Waals surface area contributed by atoms with Gasteiger partial charge in [-0.15, -0.1) is 0 Å². The van der Waals surface area contributed by atoms with Crippen molar-refractivity contribution in [1.29, 1.82) is 0 Å². The molecule has 6 nitrogen and oxygen atoms in total. The van der Waals surface area contributed by atoms with Gasteiger partial charge in [-0.1, -0.05) is 0 Å². The Hall–Kier alpha value is -2.24. The fraction of sp³-hybridized carbons (Fsp3) is 0.333. The van der Waals surface area contributed by atoms with Crippen LogP contribution in [-0.2, 0) is 4.79 Å². The molecule has 98 valence electrons. The maximum Gasteiger partial charge on any atom is 0.253 e. The molecule has 0 unspecified atom stereocenters. The highest BCUT2D eigenvalue weighted by atomic mass is 16.2. The molecule has 0 bridgehead atoms. The lowest BCUT2D eigenvalue weighted by Gasteiger charge is -2.12. The van der Waals surface area contributed by atoms with E-state index in [1.54, 1.807) is 25.2 Å². The van der Waals surface area contributed by atoms with Crippen molar-refractivity contribution in [2.75, 3.05) is 31.2 Å². The summed E-state index contributed by atoms with van der Waals surface area (Å²) in [6, 6.07) is 5.02. The van der Waals surface area contributed by atoms with Gasteiger partial charge in [0.1, 0.15) is 0 Å². The van der Waals surface area contributed by atoms with Gasteiger partial charge in [-0.25, -0.2) is 0 Å². The van der Waals surface area contributed by atoms with Crippen LogP contribution in [0.3, 0.4) is 0 Å². The van der Waals surface area contributed by atoms with Gasteiger partial charge in [-0.05, 0) is 18.2 Å².